The van der Waals surface area contributed by atoms with Crippen LogP contribution in [0.5, 0.6) is 5.75 Å². The third kappa shape index (κ3) is 4.49. The molecule has 0 atom stereocenters. The normalized spacial score (nSPS) is 15.3. The molecular weight excluding hydrogens is 436 g/mol. The first-order valence-electron chi connectivity index (χ1n) is 8.24. The lowest BCUT2D eigenvalue weighted by atomic mass is 10.2. The number of sulfonamides is 1. The van der Waals surface area contributed by atoms with Crippen molar-refractivity contribution >= 4 is 37.5 Å². The van der Waals surface area contributed by atoms with E-state index in [9.17, 15) is 13.2 Å². The number of hydrogen-bond acceptors (Lipinski definition) is 5. The summed E-state index contributed by atoms with van der Waals surface area (Å²) in [5.74, 6) is -0.160. The molecule has 9 heteroatoms. The molecule has 1 aliphatic rings. The minimum absolute atomic E-state index is 0.0459. The van der Waals surface area contributed by atoms with Crippen molar-refractivity contribution in [2.24, 2.45) is 0 Å². The van der Waals surface area contributed by atoms with Gasteiger partial charge in [-0.15, -0.1) is 0 Å². The molecule has 1 aliphatic heterocycles. The van der Waals surface area contributed by atoms with Gasteiger partial charge < -0.3 is 14.8 Å². The van der Waals surface area contributed by atoms with Gasteiger partial charge in [0.2, 0.25) is 10.0 Å². The molecular formula is C18H19BrN2O5S. The second kappa shape index (κ2) is 8.39. The van der Waals surface area contributed by atoms with Gasteiger partial charge >= 0.3 is 0 Å². The fraction of sp³-hybridized carbons (Fsp3) is 0.278. The number of amides is 1. The number of rotatable bonds is 5. The van der Waals surface area contributed by atoms with Crippen LogP contribution in [0.15, 0.2) is 51.8 Å². The van der Waals surface area contributed by atoms with Crippen LogP contribution < -0.4 is 10.1 Å². The fourth-order valence-electron chi connectivity index (χ4n) is 2.73. The van der Waals surface area contributed by atoms with Crippen molar-refractivity contribution in [2.45, 2.75) is 4.90 Å². The summed E-state index contributed by atoms with van der Waals surface area (Å²) in [7, 11) is -2.28. The van der Waals surface area contributed by atoms with Gasteiger partial charge in [0.25, 0.3) is 5.91 Å². The Labute approximate surface area is 166 Å². The highest BCUT2D eigenvalue weighted by molar-refractivity contribution is 9.10. The molecule has 1 N–H and O–H groups in total. The summed E-state index contributed by atoms with van der Waals surface area (Å²) in [5, 5.41) is 2.75. The van der Waals surface area contributed by atoms with Crippen LogP contribution in [0.25, 0.3) is 0 Å². The molecule has 0 unspecified atom stereocenters. The minimum Gasteiger partial charge on any atom is -0.496 e. The maximum atomic E-state index is 12.9. The summed E-state index contributed by atoms with van der Waals surface area (Å²) in [6, 6.07) is 11.4. The summed E-state index contributed by atoms with van der Waals surface area (Å²) in [6.07, 6.45) is 0. The minimum atomic E-state index is -3.71. The molecule has 7 nitrogen and oxygen atoms in total. The van der Waals surface area contributed by atoms with E-state index in [1.165, 1.54) is 29.6 Å². The number of benzene rings is 2. The van der Waals surface area contributed by atoms with Gasteiger partial charge in [-0.3, -0.25) is 4.79 Å². The van der Waals surface area contributed by atoms with E-state index in [1.54, 1.807) is 18.2 Å². The molecule has 0 spiro atoms. The van der Waals surface area contributed by atoms with Crippen LogP contribution in [-0.4, -0.2) is 52.0 Å². The second-order valence-electron chi connectivity index (χ2n) is 5.84. The van der Waals surface area contributed by atoms with E-state index in [0.717, 1.165) is 4.47 Å². The van der Waals surface area contributed by atoms with E-state index in [-0.39, 0.29) is 23.5 Å². The number of morpholine rings is 1. The molecule has 1 fully saturated rings. The summed E-state index contributed by atoms with van der Waals surface area (Å²) in [6.45, 7) is 1.28. The molecule has 3 rings (SSSR count). The Bertz CT molecular complexity index is 943. The van der Waals surface area contributed by atoms with Crippen LogP contribution in [0.4, 0.5) is 5.69 Å². The standard InChI is InChI=1S/C18H19BrN2O5S/c1-25-17-6-5-15(27(23,24)21-7-9-26-10-8-21)12-16(17)18(22)20-14-4-2-3-13(19)11-14/h2-6,11-12H,7-10H2,1H3,(H,20,22). The van der Waals surface area contributed by atoms with Crippen LogP contribution in [0.2, 0.25) is 0 Å². The lowest BCUT2D eigenvalue weighted by Gasteiger charge is -2.26. The van der Waals surface area contributed by atoms with E-state index in [2.05, 4.69) is 21.2 Å². The first-order valence-corrected chi connectivity index (χ1v) is 10.5. The van der Waals surface area contributed by atoms with Crippen LogP contribution in [0.1, 0.15) is 10.4 Å². The number of carbonyl (C=O) groups is 1. The van der Waals surface area contributed by atoms with Gasteiger partial charge in [-0.2, -0.15) is 4.31 Å². The summed E-state index contributed by atoms with van der Waals surface area (Å²) in [4.78, 5) is 12.8. The van der Waals surface area contributed by atoms with Crippen molar-refractivity contribution in [3.63, 3.8) is 0 Å². The lowest BCUT2D eigenvalue weighted by molar-refractivity contribution is 0.0730. The Morgan fingerprint density at radius 1 is 1.19 bits per heavy atom. The van der Waals surface area contributed by atoms with E-state index in [0.29, 0.717) is 24.7 Å². The first kappa shape index (κ1) is 19.8. The van der Waals surface area contributed by atoms with Crippen LogP contribution >= 0.6 is 15.9 Å². The third-order valence-corrected chi connectivity index (χ3v) is 6.49. The predicted octanol–water partition coefficient (Wildman–Crippen LogP) is 2.73. The monoisotopic (exact) mass is 454 g/mol. The average Bonchev–Trinajstić information content (AvgIpc) is 2.68. The first-order chi connectivity index (χ1) is 12.9. The largest absolute Gasteiger partial charge is 0.496 e. The highest BCUT2D eigenvalue weighted by Gasteiger charge is 2.28. The molecule has 2 aromatic rings. The van der Waals surface area contributed by atoms with Crippen LogP contribution in [0.3, 0.4) is 0 Å². The number of carbonyl (C=O) groups excluding carboxylic acids is 1. The Morgan fingerprint density at radius 3 is 2.59 bits per heavy atom. The number of halogens is 1. The Morgan fingerprint density at radius 2 is 1.93 bits per heavy atom. The number of hydrogen-bond donors (Lipinski definition) is 1. The Hall–Kier alpha value is -1.94. The molecule has 0 aliphatic carbocycles. The van der Waals surface area contributed by atoms with Gasteiger partial charge in [-0.25, -0.2) is 8.42 Å². The second-order valence-corrected chi connectivity index (χ2v) is 8.70. The average molecular weight is 455 g/mol. The van der Waals surface area contributed by atoms with Crippen molar-refractivity contribution < 1.29 is 22.7 Å². The maximum Gasteiger partial charge on any atom is 0.259 e. The number of anilines is 1. The van der Waals surface area contributed by atoms with Gasteiger partial charge in [0.05, 0.1) is 30.8 Å². The van der Waals surface area contributed by atoms with Gasteiger partial charge in [0, 0.05) is 23.2 Å². The Kier molecular flexibility index (Phi) is 6.15. The van der Waals surface area contributed by atoms with E-state index >= 15 is 0 Å². The molecule has 1 heterocycles. The third-order valence-electron chi connectivity index (χ3n) is 4.11. The molecule has 0 saturated carbocycles. The molecule has 1 saturated heterocycles. The lowest BCUT2D eigenvalue weighted by Crippen LogP contribution is -2.40. The number of nitrogens with one attached hydrogen (secondary N) is 1. The fourth-order valence-corrected chi connectivity index (χ4v) is 4.56. The van der Waals surface area contributed by atoms with Crippen molar-refractivity contribution in [3.05, 3.63) is 52.5 Å². The molecule has 1 amide bonds. The van der Waals surface area contributed by atoms with Crippen molar-refractivity contribution in [1.82, 2.24) is 4.31 Å². The van der Waals surface area contributed by atoms with E-state index in [1.807, 2.05) is 6.07 Å². The molecule has 0 bridgehead atoms. The zero-order chi connectivity index (χ0) is 19.4. The predicted molar refractivity (Wildman–Crippen MR) is 105 cm³/mol. The van der Waals surface area contributed by atoms with Gasteiger partial charge in [-0.05, 0) is 36.4 Å². The van der Waals surface area contributed by atoms with Crippen LogP contribution in [0, 0.1) is 0 Å². The van der Waals surface area contributed by atoms with Gasteiger partial charge in [0.15, 0.2) is 0 Å². The summed E-state index contributed by atoms with van der Waals surface area (Å²) in [5.41, 5.74) is 0.727. The SMILES string of the molecule is COc1ccc(S(=O)(=O)N2CCOCC2)cc1C(=O)Nc1cccc(Br)c1. The quantitative estimate of drug-likeness (QED) is 0.750. The molecule has 27 heavy (non-hydrogen) atoms. The smallest absolute Gasteiger partial charge is 0.259 e. The van der Waals surface area contributed by atoms with Crippen molar-refractivity contribution in [3.8, 4) is 5.75 Å². The van der Waals surface area contributed by atoms with Gasteiger partial charge in [-0.1, -0.05) is 22.0 Å². The Balaban J connectivity index is 1.92. The molecule has 0 aromatic heterocycles. The highest BCUT2D eigenvalue weighted by Crippen LogP contribution is 2.26. The zero-order valence-corrected chi connectivity index (χ0v) is 17.0. The number of nitrogens with zero attached hydrogens (tertiary/aromatic N) is 1. The number of methoxy groups -OCH3 is 1. The van der Waals surface area contributed by atoms with Crippen molar-refractivity contribution in [2.75, 3.05) is 38.7 Å². The summed E-state index contributed by atoms with van der Waals surface area (Å²) < 4.78 is 38.3. The highest BCUT2D eigenvalue weighted by atomic mass is 79.9. The molecule has 2 aromatic carbocycles. The number of ether oxygens (including phenoxy) is 2. The zero-order valence-electron chi connectivity index (χ0n) is 14.6. The maximum absolute atomic E-state index is 12.9. The molecule has 0 radical (unpaired) electrons. The topological polar surface area (TPSA) is 84.9 Å². The van der Waals surface area contributed by atoms with Crippen LogP contribution in [-0.2, 0) is 14.8 Å². The van der Waals surface area contributed by atoms with E-state index in [4.69, 9.17) is 9.47 Å². The van der Waals surface area contributed by atoms with Gasteiger partial charge in [0.1, 0.15) is 5.75 Å². The van der Waals surface area contributed by atoms with E-state index < -0.39 is 15.9 Å². The summed E-state index contributed by atoms with van der Waals surface area (Å²) >= 11 is 3.35. The molecule has 144 valence electrons. The van der Waals surface area contributed by atoms with Crippen molar-refractivity contribution in [1.29, 1.82) is 0 Å².